The van der Waals surface area contributed by atoms with Gasteiger partial charge in [-0.15, -0.1) is 0 Å². The van der Waals surface area contributed by atoms with E-state index in [1.54, 1.807) is 18.3 Å². The van der Waals surface area contributed by atoms with Crippen molar-refractivity contribution in [2.24, 2.45) is 0 Å². The van der Waals surface area contributed by atoms with E-state index in [1.807, 2.05) is 16.9 Å². The van der Waals surface area contributed by atoms with E-state index in [2.05, 4.69) is 10.4 Å². The quantitative estimate of drug-likeness (QED) is 0.775. The van der Waals surface area contributed by atoms with Crippen molar-refractivity contribution in [3.05, 3.63) is 54.1 Å². The molecule has 90 valence electrons. The van der Waals surface area contributed by atoms with Crippen LogP contribution in [0.1, 0.15) is 12.0 Å². The molecular formula is C13H16FN3. The maximum Gasteiger partial charge on any atom is 0.123 e. The van der Waals surface area contributed by atoms with Gasteiger partial charge in [0.15, 0.2) is 0 Å². The minimum absolute atomic E-state index is 0.188. The lowest BCUT2D eigenvalue weighted by molar-refractivity contribution is 0.543. The smallest absolute Gasteiger partial charge is 0.123 e. The number of benzene rings is 1. The Kier molecular flexibility index (Phi) is 4.27. The van der Waals surface area contributed by atoms with Crippen molar-refractivity contribution in [1.82, 2.24) is 15.1 Å². The monoisotopic (exact) mass is 233 g/mol. The van der Waals surface area contributed by atoms with Crippen molar-refractivity contribution in [2.45, 2.75) is 19.5 Å². The SMILES string of the molecule is Fc1ccc(CNCCCn2cccn2)cc1. The maximum atomic E-state index is 12.7. The van der Waals surface area contributed by atoms with Gasteiger partial charge in [0, 0.05) is 25.5 Å². The summed E-state index contributed by atoms with van der Waals surface area (Å²) in [5, 5.41) is 7.45. The molecule has 2 aromatic rings. The third kappa shape index (κ3) is 4.00. The third-order valence-electron chi connectivity index (χ3n) is 2.54. The Labute approximate surface area is 100 Å². The molecule has 0 bridgehead atoms. The van der Waals surface area contributed by atoms with Crippen LogP contribution in [0.25, 0.3) is 0 Å². The summed E-state index contributed by atoms with van der Waals surface area (Å²) in [4.78, 5) is 0. The van der Waals surface area contributed by atoms with Gasteiger partial charge in [-0.25, -0.2) is 4.39 Å². The molecular weight excluding hydrogens is 217 g/mol. The highest BCUT2D eigenvalue weighted by atomic mass is 19.1. The van der Waals surface area contributed by atoms with Crippen LogP contribution in [0.15, 0.2) is 42.7 Å². The molecule has 17 heavy (non-hydrogen) atoms. The Morgan fingerprint density at radius 3 is 2.76 bits per heavy atom. The fourth-order valence-electron chi connectivity index (χ4n) is 1.63. The van der Waals surface area contributed by atoms with Crippen molar-refractivity contribution in [3.8, 4) is 0 Å². The number of rotatable bonds is 6. The standard InChI is InChI=1S/C13H16FN3/c14-13-5-3-12(4-6-13)11-15-7-1-9-17-10-2-8-16-17/h2-6,8,10,15H,1,7,9,11H2. The van der Waals surface area contributed by atoms with Gasteiger partial charge < -0.3 is 5.32 Å². The summed E-state index contributed by atoms with van der Waals surface area (Å²) in [6.45, 7) is 2.63. The van der Waals surface area contributed by atoms with Crippen molar-refractivity contribution in [3.63, 3.8) is 0 Å². The van der Waals surface area contributed by atoms with Gasteiger partial charge in [-0.3, -0.25) is 4.68 Å². The van der Waals surface area contributed by atoms with Gasteiger partial charge in [-0.2, -0.15) is 5.10 Å². The highest BCUT2D eigenvalue weighted by Crippen LogP contribution is 2.01. The summed E-state index contributed by atoms with van der Waals surface area (Å²) < 4.78 is 14.6. The van der Waals surface area contributed by atoms with Crippen LogP contribution in [0, 0.1) is 5.82 Å². The number of nitrogens with one attached hydrogen (secondary N) is 1. The average molecular weight is 233 g/mol. The van der Waals surface area contributed by atoms with Gasteiger partial charge in [0.05, 0.1) is 0 Å². The summed E-state index contributed by atoms with van der Waals surface area (Å²) in [6, 6.07) is 8.50. The number of nitrogens with zero attached hydrogens (tertiary/aromatic N) is 2. The fraction of sp³-hybridized carbons (Fsp3) is 0.308. The van der Waals surface area contributed by atoms with Crippen LogP contribution in [0.4, 0.5) is 4.39 Å². The van der Waals surface area contributed by atoms with Gasteiger partial charge >= 0.3 is 0 Å². The Morgan fingerprint density at radius 1 is 1.24 bits per heavy atom. The summed E-state index contributed by atoms with van der Waals surface area (Å²) in [6.07, 6.45) is 4.77. The topological polar surface area (TPSA) is 29.9 Å². The van der Waals surface area contributed by atoms with Crippen LogP contribution in [0.5, 0.6) is 0 Å². The molecule has 1 aromatic heterocycles. The Bertz CT molecular complexity index is 422. The summed E-state index contributed by atoms with van der Waals surface area (Å²) in [7, 11) is 0. The Hall–Kier alpha value is -1.68. The van der Waals surface area contributed by atoms with E-state index in [9.17, 15) is 4.39 Å². The first kappa shape index (κ1) is 11.8. The Morgan fingerprint density at radius 2 is 2.06 bits per heavy atom. The van der Waals surface area contributed by atoms with E-state index in [0.29, 0.717) is 0 Å². The predicted molar refractivity (Wildman–Crippen MR) is 65.0 cm³/mol. The zero-order valence-corrected chi connectivity index (χ0v) is 9.64. The van der Waals surface area contributed by atoms with Gasteiger partial charge in [0.2, 0.25) is 0 Å². The average Bonchev–Trinajstić information content (AvgIpc) is 2.84. The molecule has 0 aliphatic heterocycles. The number of aromatic nitrogens is 2. The second kappa shape index (κ2) is 6.15. The number of hydrogen-bond donors (Lipinski definition) is 1. The van der Waals surface area contributed by atoms with Gasteiger partial charge in [-0.1, -0.05) is 12.1 Å². The van der Waals surface area contributed by atoms with Crippen molar-refractivity contribution >= 4 is 0 Å². The molecule has 2 rings (SSSR count). The third-order valence-corrected chi connectivity index (χ3v) is 2.54. The van der Waals surface area contributed by atoms with Crippen LogP contribution in [0.2, 0.25) is 0 Å². The van der Waals surface area contributed by atoms with Crippen molar-refractivity contribution in [1.29, 1.82) is 0 Å². The lowest BCUT2D eigenvalue weighted by Gasteiger charge is -2.05. The van der Waals surface area contributed by atoms with Crippen molar-refractivity contribution < 1.29 is 4.39 Å². The van der Waals surface area contributed by atoms with E-state index in [-0.39, 0.29) is 5.82 Å². The highest BCUT2D eigenvalue weighted by Gasteiger charge is 1.94. The van der Waals surface area contributed by atoms with E-state index in [4.69, 9.17) is 0 Å². The molecule has 0 saturated carbocycles. The lowest BCUT2D eigenvalue weighted by Crippen LogP contribution is -2.16. The molecule has 0 unspecified atom stereocenters. The largest absolute Gasteiger partial charge is 0.313 e. The molecule has 0 aliphatic carbocycles. The van der Waals surface area contributed by atoms with E-state index in [0.717, 1.165) is 31.6 Å². The molecule has 0 amide bonds. The highest BCUT2D eigenvalue weighted by molar-refractivity contribution is 5.15. The first-order chi connectivity index (χ1) is 8.34. The summed E-state index contributed by atoms with van der Waals surface area (Å²) in [5.74, 6) is -0.188. The predicted octanol–water partition coefficient (Wildman–Crippen LogP) is 2.20. The van der Waals surface area contributed by atoms with Crippen LogP contribution < -0.4 is 5.32 Å². The molecule has 0 spiro atoms. The van der Waals surface area contributed by atoms with Crippen LogP contribution in [-0.2, 0) is 13.1 Å². The van der Waals surface area contributed by atoms with Crippen LogP contribution in [-0.4, -0.2) is 16.3 Å². The number of aryl methyl sites for hydroxylation is 1. The van der Waals surface area contributed by atoms with E-state index >= 15 is 0 Å². The molecule has 0 radical (unpaired) electrons. The number of halogens is 1. The fourth-order valence-corrected chi connectivity index (χ4v) is 1.63. The number of hydrogen-bond acceptors (Lipinski definition) is 2. The van der Waals surface area contributed by atoms with E-state index < -0.39 is 0 Å². The minimum Gasteiger partial charge on any atom is -0.313 e. The van der Waals surface area contributed by atoms with Crippen molar-refractivity contribution in [2.75, 3.05) is 6.54 Å². The van der Waals surface area contributed by atoms with E-state index in [1.165, 1.54) is 12.1 Å². The molecule has 3 nitrogen and oxygen atoms in total. The normalized spacial score (nSPS) is 10.6. The van der Waals surface area contributed by atoms with Gasteiger partial charge in [-0.05, 0) is 36.7 Å². The second-order valence-corrected chi connectivity index (χ2v) is 3.93. The van der Waals surface area contributed by atoms with Crippen LogP contribution in [0.3, 0.4) is 0 Å². The minimum atomic E-state index is -0.188. The maximum absolute atomic E-state index is 12.7. The summed E-state index contributed by atoms with van der Waals surface area (Å²) >= 11 is 0. The van der Waals surface area contributed by atoms with Gasteiger partial charge in [0.1, 0.15) is 5.82 Å². The zero-order valence-electron chi connectivity index (χ0n) is 9.64. The molecule has 0 fully saturated rings. The first-order valence-corrected chi connectivity index (χ1v) is 5.77. The molecule has 1 N–H and O–H groups in total. The second-order valence-electron chi connectivity index (χ2n) is 3.93. The van der Waals surface area contributed by atoms with Crippen LogP contribution >= 0.6 is 0 Å². The Balaban J connectivity index is 1.61. The summed E-state index contributed by atoms with van der Waals surface area (Å²) in [5.41, 5.74) is 1.10. The van der Waals surface area contributed by atoms with Gasteiger partial charge in [0.25, 0.3) is 0 Å². The lowest BCUT2D eigenvalue weighted by atomic mass is 10.2. The molecule has 0 atom stereocenters. The zero-order chi connectivity index (χ0) is 11.9. The first-order valence-electron chi connectivity index (χ1n) is 5.77. The molecule has 1 heterocycles. The molecule has 0 aliphatic rings. The molecule has 1 aromatic carbocycles. The molecule has 4 heteroatoms. The molecule has 0 saturated heterocycles.